The summed E-state index contributed by atoms with van der Waals surface area (Å²) >= 11 is 0. The van der Waals surface area contributed by atoms with E-state index in [1.54, 1.807) is 11.1 Å². The van der Waals surface area contributed by atoms with Gasteiger partial charge < -0.3 is 50.1 Å². The summed E-state index contributed by atoms with van der Waals surface area (Å²) in [4.78, 5) is 36.7. The quantitative estimate of drug-likeness (QED) is 0.237. The van der Waals surface area contributed by atoms with E-state index in [-0.39, 0.29) is 18.2 Å². The first-order valence-corrected chi connectivity index (χ1v) is 33.2. The minimum Gasteiger partial charge on any atom is -0.443 e. The van der Waals surface area contributed by atoms with Gasteiger partial charge >= 0.3 is 6.09 Å². The largest absolute Gasteiger partial charge is 0.443 e. The van der Waals surface area contributed by atoms with Crippen LogP contribution >= 0.6 is 0 Å². The van der Waals surface area contributed by atoms with Crippen molar-refractivity contribution >= 4 is 6.09 Å². The first-order valence-electron chi connectivity index (χ1n) is 33.2. The molecule has 15 rings (SSSR count). The van der Waals surface area contributed by atoms with Crippen molar-refractivity contribution < 1.29 is 14.3 Å². The average Bonchev–Trinajstić information content (AvgIpc) is 2.71. The molecule has 2 aromatic rings. The molecule has 10 atom stereocenters. The van der Waals surface area contributed by atoms with Crippen LogP contribution in [0.4, 0.5) is 4.79 Å². The van der Waals surface area contributed by atoms with Gasteiger partial charge in [0.2, 0.25) is 0 Å². The van der Waals surface area contributed by atoms with E-state index in [1.165, 1.54) is 76.5 Å². The smallest absolute Gasteiger partial charge is 0.407 e. The molecule has 10 unspecified atom stereocenters. The maximum atomic E-state index is 10.8. The summed E-state index contributed by atoms with van der Waals surface area (Å²) < 4.78 is 15.2. The highest BCUT2D eigenvalue weighted by Gasteiger charge is 2.51. The zero-order valence-corrected chi connectivity index (χ0v) is 54.2. The van der Waals surface area contributed by atoms with Crippen LogP contribution in [0, 0.1) is 11.8 Å². The third-order valence-corrected chi connectivity index (χ3v) is 20.6. The zero-order chi connectivity index (χ0) is 59.1. The van der Waals surface area contributed by atoms with Crippen LogP contribution < -0.4 is 26.6 Å². The highest BCUT2D eigenvalue weighted by Crippen LogP contribution is 2.43. The second-order valence-corrected chi connectivity index (χ2v) is 28.3. The van der Waals surface area contributed by atoms with E-state index in [1.807, 2.05) is 18.7 Å². The van der Waals surface area contributed by atoms with E-state index in [2.05, 4.69) is 183 Å². The van der Waals surface area contributed by atoms with E-state index in [0.717, 1.165) is 140 Å². The summed E-state index contributed by atoms with van der Waals surface area (Å²) in [5, 5.41) is 17.1. The van der Waals surface area contributed by atoms with Gasteiger partial charge in [-0.25, -0.2) is 14.8 Å². The monoisotopic (exact) mass is 1160 g/mol. The fraction of sp³-hybridized carbons (Fsp3) is 0.859. The molecule has 19 nitrogen and oxygen atoms in total. The third kappa shape index (κ3) is 17.0. The summed E-state index contributed by atoms with van der Waals surface area (Å²) in [6.07, 6.45) is 13.8. The Morgan fingerprint density at radius 3 is 1.61 bits per heavy atom. The van der Waals surface area contributed by atoms with Crippen molar-refractivity contribution in [3.63, 3.8) is 0 Å². The van der Waals surface area contributed by atoms with Gasteiger partial charge in [0, 0.05) is 209 Å². The number of imidazole rings is 2. The van der Waals surface area contributed by atoms with Gasteiger partial charge in [0.1, 0.15) is 11.9 Å². The number of likely N-dealkylation sites (tertiary alicyclic amines) is 4. The Labute approximate surface area is 502 Å². The number of hydrogen-bond donors (Lipinski definition) is 5. The van der Waals surface area contributed by atoms with Gasteiger partial charge in [-0.2, -0.15) is 0 Å². The van der Waals surface area contributed by atoms with Crippen LogP contribution in [0.2, 0.25) is 0 Å². The van der Waals surface area contributed by atoms with Crippen LogP contribution in [-0.2, 0) is 35.7 Å². The van der Waals surface area contributed by atoms with Crippen molar-refractivity contribution in [1.82, 2.24) is 80.0 Å². The number of nitrogens with zero attached hydrogens (tertiary/aromatic N) is 11. The predicted octanol–water partition coefficient (Wildman–Crippen LogP) is 4.99. The number of fused-ring (bicyclic) bond motifs is 11. The maximum absolute atomic E-state index is 10.8. The zero-order valence-electron chi connectivity index (χ0n) is 54.2. The number of morpholine rings is 1. The van der Waals surface area contributed by atoms with Crippen LogP contribution in [0.3, 0.4) is 0 Å². The molecule has 15 heterocycles. The second-order valence-electron chi connectivity index (χ2n) is 28.3. The van der Waals surface area contributed by atoms with Gasteiger partial charge in [0.25, 0.3) is 0 Å². The van der Waals surface area contributed by atoms with Crippen LogP contribution in [0.5, 0.6) is 0 Å². The number of piperazine rings is 1. The van der Waals surface area contributed by atoms with Gasteiger partial charge in [0.15, 0.2) is 0 Å². The molecular weight excluding hydrogens is 1040 g/mol. The van der Waals surface area contributed by atoms with E-state index in [9.17, 15) is 4.79 Å². The molecular formula is C64H116N16O3. The number of rotatable bonds is 7. The molecule has 0 aromatic carbocycles. The maximum Gasteiger partial charge on any atom is 0.407 e. The molecule has 13 aliphatic heterocycles. The van der Waals surface area contributed by atoms with Crippen molar-refractivity contribution in [1.29, 1.82) is 0 Å². The molecule has 83 heavy (non-hydrogen) atoms. The molecule has 0 spiro atoms. The topological polar surface area (TPSA) is 154 Å². The lowest BCUT2D eigenvalue weighted by atomic mass is 9.82. The normalized spacial score (nSPS) is 31.9. The number of nitrogens with one attached hydrogen (secondary N) is 5. The Kier molecular flexibility index (Phi) is 23.1. The first kappa shape index (κ1) is 64.4. The number of carbonyl (C=O) groups is 1. The summed E-state index contributed by atoms with van der Waals surface area (Å²) in [5.41, 5.74) is 4.65. The lowest BCUT2D eigenvalue weighted by molar-refractivity contribution is 0.0169. The molecule has 1 amide bonds. The highest BCUT2D eigenvalue weighted by molar-refractivity contribution is 5.70. The molecule has 0 saturated carbocycles. The van der Waals surface area contributed by atoms with Crippen LogP contribution in [0.25, 0.3) is 0 Å². The summed E-state index contributed by atoms with van der Waals surface area (Å²) in [5.74, 6) is 3.18. The van der Waals surface area contributed by atoms with E-state index in [0.29, 0.717) is 42.4 Å². The molecule has 0 aliphatic carbocycles. The number of carbonyl (C=O) groups excluding carboxylic acids is 1. The summed E-state index contributed by atoms with van der Waals surface area (Å²) in [6.45, 7) is 54.0. The second kappa shape index (κ2) is 29.8. The van der Waals surface area contributed by atoms with Gasteiger partial charge in [-0.3, -0.25) is 29.4 Å². The molecule has 0 radical (unpaired) electrons. The minimum absolute atomic E-state index is 0.0832. The molecule has 13 aliphatic rings. The number of aromatic nitrogens is 4. The minimum atomic E-state index is -0.256. The molecule has 4 bridgehead atoms. The average molecular weight is 1160 g/mol. The SMILES string of the molecule is CC(C)N1CC2=C(CNC2)C1.CC(C)N1CC2C3CCC(N3)C2C1.CC(C)N1CC2CCC(C1)N2.CC(C)N1CC2NC(=O)OC2C1.CC(C)N1CC2NCCOC2C1.CC(C)N1CCn2ccnc2C1.CC(C)N1CCn2cncc2C1. The van der Waals surface area contributed by atoms with Crippen molar-refractivity contribution in [3.8, 4) is 0 Å². The lowest BCUT2D eigenvalue weighted by Crippen LogP contribution is -2.53. The number of amides is 1. The molecule has 9 saturated heterocycles. The fourth-order valence-corrected chi connectivity index (χ4v) is 14.9. The molecule has 5 N–H and O–H groups in total. The standard InChI is InChI=1S/C11H20N2.2C9H15N3.C9H18N2O.C9H16N2.C9H18N2.C8H14N2O2/c1-7(2)13-5-8-9(6-13)11-4-3-10(8)12-11;1-8(2)11-3-4-12-7-10-5-9(12)6-11;1-8(2)12-6-5-11-4-3-10-9(11)7-12;1-7(2)11-5-8-9(6-11)12-4-3-10-8;1-7(2)11-5-8-3-10-4-9(8)6-11;1-7(2)11-5-8-3-4-9(6-11)10-8;1-5(2)10-3-6-7(4-10)12-8(11)9-6/h7-12H,3-6H2,1-2H3;5,7-8H,3-4,6H2,1-2H3;3-4,8H,5-7H2,1-2H3;7-10H,3-6H2,1-2H3;7,10H,3-6H2,1-2H3;7-10H,3-6H2,1-2H3;5-7H,3-4H2,1-2H3,(H,9,11). The third-order valence-electron chi connectivity index (χ3n) is 20.6. The molecule has 19 heteroatoms. The predicted molar refractivity (Wildman–Crippen MR) is 335 cm³/mol. The van der Waals surface area contributed by atoms with E-state index < -0.39 is 0 Å². The van der Waals surface area contributed by atoms with Gasteiger partial charge in [0.05, 0.1) is 37.3 Å². The number of ether oxygens (including phenoxy) is 2. The number of alkyl carbamates (subject to hydrolysis) is 1. The molecule has 9 fully saturated rings. The highest BCUT2D eigenvalue weighted by atomic mass is 16.6. The fourth-order valence-electron chi connectivity index (χ4n) is 14.9. The Balaban J connectivity index is 0.000000116. The van der Waals surface area contributed by atoms with Gasteiger partial charge in [-0.05, 0) is 146 Å². The molecule has 2 aromatic heterocycles. The van der Waals surface area contributed by atoms with Crippen LogP contribution in [-0.4, -0.2) is 255 Å². The van der Waals surface area contributed by atoms with Gasteiger partial charge in [-0.1, -0.05) is 0 Å². The van der Waals surface area contributed by atoms with Crippen LogP contribution in [0.1, 0.15) is 134 Å². The Bertz CT molecular complexity index is 2200. The van der Waals surface area contributed by atoms with Gasteiger partial charge in [-0.15, -0.1) is 0 Å². The van der Waals surface area contributed by atoms with Crippen molar-refractivity contribution in [2.24, 2.45) is 11.8 Å². The van der Waals surface area contributed by atoms with E-state index in [4.69, 9.17) is 9.47 Å². The van der Waals surface area contributed by atoms with E-state index >= 15 is 0 Å². The van der Waals surface area contributed by atoms with Crippen LogP contribution in [0.15, 0.2) is 36.1 Å². The van der Waals surface area contributed by atoms with Crippen molar-refractivity contribution in [2.45, 2.75) is 240 Å². The summed E-state index contributed by atoms with van der Waals surface area (Å²) in [6, 6.07) is 8.83. The first-order chi connectivity index (χ1) is 39.8. The lowest BCUT2D eigenvalue weighted by Gasteiger charge is -2.35. The summed E-state index contributed by atoms with van der Waals surface area (Å²) in [7, 11) is 0. The number of hydrogen-bond acceptors (Lipinski definition) is 16. The molecule has 470 valence electrons. The Morgan fingerprint density at radius 1 is 0.518 bits per heavy atom. The van der Waals surface area contributed by atoms with Crippen molar-refractivity contribution in [3.05, 3.63) is 47.6 Å². The Hall–Kier alpha value is -3.05. The van der Waals surface area contributed by atoms with Crippen molar-refractivity contribution in [2.75, 3.05) is 105 Å². The Morgan fingerprint density at radius 2 is 1.05 bits per heavy atom.